The van der Waals surface area contributed by atoms with Gasteiger partial charge in [-0.1, -0.05) is 13.0 Å². The summed E-state index contributed by atoms with van der Waals surface area (Å²) in [6, 6.07) is 6.50. The molecule has 2 aromatic heterocycles. The van der Waals surface area contributed by atoms with E-state index >= 15 is 0 Å². The van der Waals surface area contributed by atoms with Gasteiger partial charge in [-0.2, -0.15) is 5.10 Å². The van der Waals surface area contributed by atoms with Crippen LogP contribution in [0, 0.1) is 13.8 Å². The number of nitrogens with one attached hydrogen (secondary N) is 1. The minimum absolute atomic E-state index is 0.400. The Morgan fingerprint density at radius 1 is 1.25 bits per heavy atom. The van der Waals surface area contributed by atoms with Gasteiger partial charge in [-0.25, -0.2) is 0 Å². The Balaban J connectivity index is 2.13. The molecule has 2 rings (SSSR count). The Hall–Kier alpha value is -1.68. The van der Waals surface area contributed by atoms with Gasteiger partial charge in [0, 0.05) is 37.1 Å². The number of nitrogens with zero attached hydrogens (tertiary/aromatic N) is 3. The van der Waals surface area contributed by atoms with Crippen LogP contribution in [0.3, 0.4) is 0 Å². The smallest absolute Gasteiger partial charge is 0.0628 e. The average molecular weight is 272 g/mol. The molecule has 0 fully saturated rings. The average Bonchev–Trinajstić information content (AvgIpc) is 2.67. The standard InChI is InChI=1S/C16H24N4/c1-5-17-15(10-14-8-6-7-9-18-14)11-16-12(2)19-20(4)13(16)3/h6-9,15,17H,5,10-11H2,1-4H3. The number of aryl methyl sites for hydroxylation is 2. The SMILES string of the molecule is CCNC(Cc1ccccn1)Cc1c(C)nn(C)c1C. The van der Waals surface area contributed by atoms with E-state index in [9.17, 15) is 0 Å². The van der Waals surface area contributed by atoms with Crippen LogP contribution in [-0.2, 0) is 19.9 Å². The van der Waals surface area contributed by atoms with E-state index in [1.54, 1.807) is 0 Å². The van der Waals surface area contributed by atoms with Gasteiger partial charge in [0.25, 0.3) is 0 Å². The fourth-order valence-corrected chi connectivity index (χ4v) is 2.64. The van der Waals surface area contributed by atoms with Gasteiger partial charge < -0.3 is 5.32 Å². The van der Waals surface area contributed by atoms with Crippen molar-refractivity contribution in [2.24, 2.45) is 7.05 Å². The van der Waals surface area contributed by atoms with Crippen LogP contribution >= 0.6 is 0 Å². The summed E-state index contributed by atoms with van der Waals surface area (Å²) in [6.07, 6.45) is 3.80. The molecule has 0 saturated carbocycles. The molecule has 1 N–H and O–H groups in total. The van der Waals surface area contributed by atoms with Crippen molar-refractivity contribution < 1.29 is 0 Å². The molecule has 0 aliphatic carbocycles. The molecule has 0 radical (unpaired) electrons. The summed E-state index contributed by atoms with van der Waals surface area (Å²) in [5, 5.41) is 8.07. The van der Waals surface area contributed by atoms with Crippen molar-refractivity contribution in [2.75, 3.05) is 6.54 Å². The second kappa shape index (κ2) is 6.66. The molecule has 0 aliphatic rings. The van der Waals surface area contributed by atoms with Crippen molar-refractivity contribution in [3.8, 4) is 0 Å². The van der Waals surface area contributed by atoms with Crippen molar-refractivity contribution in [3.05, 3.63) is 47.0 Å². The normalized spacial score (nSPS) is 12.6. The summed E-state index contributed by atoms with van der Waals surface area (Å²) >= 11 is 0. The molecule has 0 aliphatic heterocycles. The van der Waals surface area contributed by atoms with Crippen LogP contribution in [0.25, 0.3) is 0 Å². The van der Waals surface area contributed by atoms with Crippen molar-refractivity contribution in [2.45, 2.75) is 39.7 Å². The van der Waals surface area contributed by atoms with Crippen LogP contribution in [0.5, 0.6) is 0 Å². The third-order valence-electron chi connectivity index (χ3n) is 3.78. The number of likely N-dealkylation sites (N-methyl/N-ethyl adjacent to an activating group) is 1. The van der Waals surface area contributed by atoms with Crippen LogP contribution in [-0.4, -0.2) is 27.4 Å². The lowest BCUT2D eigenvalue weighted by Gasteiger charge is -2.18. The van der Waals surface area contributed by atoms with Crippen LogP contribution in [0.1, 0.15) is 29.6 Å². The van der Waals surface area contributed by atoms with Gasteiger partial charge in [-0.15, -0.1) is 0 Å². The molecule has 0 aromatic carbocycles. The number of pyridine rings is 1. The lowest BCUT2D eigenvalue weighted by atomic mass is 10.00. The quantitative estimate of drug-likeness (QED) is 0.876. The van der Waals surface area contributed by atoms with E-state index in [1.807, 2.05) is 30.1 Å². The number of hydrogen-bond donors (Lipinski definition) is 1. The molecule has 4 nitrogen and oxygen atoms in total. The third kappa shape index (κ3) is 3.45. The topological polar surface area (TPSA) is 42.7 Å². The van der Waals surface area contributed by atoms with Gasteiger partial charge in [0.15, 0.2) is 0 Å². The summed E-state index contributed by atoms with van der Waals surface area (Å²) < 4.78 is 1.97. The molecule has 0 bridgehead atoms. The molecule has 1 unspecified atom stereocenters. The summed E-state index contributed by atoms with van der Waals surface area (Å²) in [5.74, 6) is 0. The summed E-state index contributed by atoms with van der Waals surface area (Å²) in [6.45, 7) is 7.34. The lowest BCUT2D eigenvalue weighted by molar-refractivity contribution is 0.514. The highest BCUT2D eigenvalue weighted by molar-refractivity contribution is 5.25. The molecular weight excluding hydrogens is 248 g/mol. The van der Waals surface area contributed by atoms with Gasteiger partial charge in [-0.05, 0) is 44.5 Å². The monoisotopic (exact) mass is 272 g/mol. The second-order valence-electron chi connectivity index (χ2n) is 5.26. The zero-order chi connectivity index (χ0) is 14.5. The first-order valence-corrected chi connectivity index (χ1v) is 7.24. The minimum atomic E-state index is 0.400. The molecule has 108 valence electrons. The van der Waals surface area contributed by atoms with Crippen LogP contribution in [0.4, 0.5) is 0 Å². The molecule has 0 saturated heterocycles. The van der Waals surface area contributed by atoms with Gasteiger partial charge >= 0.3 is 0 Å². The summed E-state index contributed by atoms with van der Waals surface area (Å²) in [7, 11) is 2.01. The maximum atomic E-state index is 4.50. The predicted molar refractivity (Wildman–Crippen MR) is 81.8 cm³/mol. The molecule has 1 atom stereocenters. The van der Waals surface area contributed by atoms with Crippen molar-refractivity contribution >= 4 is 0 Å². The first-order valence-electron chi connectivity index (χ1n) is 7.24. The van der Waals surface area contributed by atoms with Crippen molar-refractivity contribution in [1.82, 2.24) is 20.1 Å². The fourth-order valence-electron chi connectivity index (χ4n) is 2.64. The number of aromatic nitrogens is 3. The second-order valence-corrected chi connectivity index (χ2v) is 5.26. The van der Waals surface area contributed by atoms with E-state index < -0.39 is 0 Å². The first-order chi connectivity index (χ1) is 9.61. The molecule has 2 aromatic rings. The maximum Gasteiger partial charge on any atom is 0.0628 e. The van der Waals surface area contributed by atoms with E-state index in [-0.39, 0.29) is 0 Å². The molecule has 0 amide bonds. The highest BCUT2D eigenvalue weighted by Crippen LogP contribution is 2.15. The summed E-state index contributed by atoms with van der Waals surface area (Å²) in [4.78, 5) is 4.43. The Kier molecular flexibility index (Phi) is 4.90. The van der Waals surface area contributed by atoms with E-state index in [0.717, 1.165) is 30.8 Å². The highest BCUT2D eigenvalue weighted by Gasteiger charge is 2.16. The van der Waals surface area contributed by atoms with Gasteiger partial charge in [0.05, 0.1) is 5.69 Å². The van der Waals surface area contributed by atoms with Gasteiger partial charge in [-0.3, -0.25) is 9.67 Å². The highest BCUT2D eigenvalue weighted by atomic mass is 15.3. The fraction of sp³-hybridized carbons (Fsp3) is 0.500. The zero-order valence-electron chi connectivity index (χ0n) is 12.8. The van der Waals surface area contributed by atoms with Crippen LogP contribution in [0.15, 0.2) is 24.4 Å². The number of hydrogen-bond acceptors (Lipinski definition) is 3. The lowest BCUT2D eigenvalue weighted by Crippen LogP contribution is -2.33. The largest absolute Gasteiger partial charge is 0.314 e. The van der Waals surface area contributed by atoms with Gasteiger partial charge in [0.1, 0.15) is 0 Å². The molecule has 20 heavy (non-hydrogen) atoms. The van der Waals surface area contributed by atoms with Gasteiger partial charge in [0.2, 0.25) is 0 Å². The van der Waals surface area contributed by atoms with Crippen molar-refractivity contribution in [3.63, 3.8) is 0 Å². The third-order valence-corrected chi connectivity index (χ3v) is 3.78. The Morgan fingerprint density at radius 3 is 2.60 bits per heavy atom. The van der Waals surface area contributed by atoms with E-state index in [1.165, 1.54) is 11.3 Å². The molecular formula is C16H24N4. The molecule has 2 heterocycles. The zero-order valence-corrected chi connectivity index (χ0v) is 12.8. The molecule has 4 heteroatoms. The Bertz CT molecular complexity index is 545. The van der Waals surface area contributed by atoms with Crippen LogP contribution < -0.4 is 5.32 Å². The summed E-state index contributed by atoms with van der Waals surface area (Å²) in [5.41, 5.74) is 4.88. The van der Waals surface area contributed by atoms with E-state index in [2.05, 4.69) is 42.2 Å². The number of rotatable bonds is 6. The van der Waals surface area contributed by atoms with E-state index in [0.29, 0.717) is 6.04 Å². The Morgan fingerprint density at radius 2 is 2.05 bits per heavy atom. The Labute approximate surface area is 121 Å². The van der Waals surface area contributed by atoms with E-state index in [4.69, 9.17) is 0 Å². The first kappa shape index (κ1) is 14.7. The van der Waals surface area contributed by atoms with Crippen LogP contribution in [0.2, 0.25) is 0 Å². The minimum Gasteiger partial charge on any atom is -0.314 e. The maximum absolute atomic E-state index is 4.50. The van der Waals surface area contributed by atoms with Crippen molar-refractivity contribution in [1.29, 1.82) is 0 Å². The molecule has 0 spiro atoms. The predicted octanol–water partition coefficient (Wildman–Crippen LogP) is 2.20.